The van der Waals surface area contributed by atoms with E-state index in [9.17, 15) is 13.2 Å². The molecule has 0 amide bonds. The highest BCUT2D eigenvalue weighted by atomic mass is 35.5. The molecule has 2 atom stereocenters. The minimum absolute atomic E-state index is 0. The monoisotopic (exact) mass is 433 g/mol. The zero-order valence-electron chi connectivity index (χ0n) is 15.3. The Bertz CT molecular complexity index is 895. The molecule has 0 bridgehead atoms. The van der Waals surface area contributed by atoms with Crippen molar-refractivity contribution in [3.8, 4) is 0 Å². The molecule has 1 aromatic carbocycles. The van der Waals surface area contributed by atoms with Gasteiger partial charge >= 0.3 is 0 Å². The van der Waals surface area contributed by atoms with Gasteiger partial charge in [-0.3, -0.25) is 0 Å². The normalized spacial score (nSPS) is 21.0. The summed E-state index contributed by atoms with van der Waals surface area (Å²) in [6.07, 6.45) is 3.65. The summed E-state index contributed by atoms with van der Waals surface area (Å²) in [5.41, 5.74) is 1.74. The summed E-state index contributed by atoms with van der Waals surface area (Å²) < 4.78 is 49.9. The lowest BCUT2D eigenvalue weighted by molar-refractivity contribution is 0.110. The highest BCUT2D eigenvalue weighted by Gasteiger charge is 2.31. The van der Waals surface area contributed by atoms with Gasteiger partial charge in [-0.25, -0.2) is 13.2 Å². The van der Waals surface area contributed by atoms with Crippen LogP contribution < -0.4 is 5.32 Å². The Hall–Kier alpha value is -1.35. The first-order valence-electron chi connectivity index (χ1n) is 9.31. The molecule has 4 nitrogen and oxygen atoms in total. The average molecular weight is 434 g/mol. The number of hydrogen-bond donors (Lipinski definition) is 2. The quantitative estimate of drug-likeness (QED) is 0.410. The molecule has 0 unspecified atom stereocenters. The molecule has 2 aliphatic heterocycles. The first-order valence-corrected chi connectivity index (χ1v) is 9.71. The van der Waals surface area contributed by atoms with E-state index in [0.717, 1.165) is 62.5 Å². The maximum Gasteiger partial charge on any atom is 0.177 e. The fourth-order valence-corrected chi connectivity index (χ4v) is 4.41. The third kappa shape index (κ3) is 4.15. The topological polar surface area (TPSA) is 42.0 Å². The molecular formula is C19H23ClF3N3OS. The van der Waals surface area contributed by atoms with Crippen LogP contribution in [0.1, 0.15) is 35.7 Å². The van der Waals surface area contributed by atoms with Gasteiger partial charge in [0.1, 0.15) is 5.82 Å². The lowest BCUT2D eigenvalue weighted by atomic mass is 9.95. The van der Waals surface area contributed by atoms with Crippen LogP contribution in [0.4, 0.5) is 13.2 Å². The number of imidazole rings is 1. The van der Waals surface area contributed by atoms with E-state index >= 15 is 0 Å². The van der Waals surface area contributed by atoms with Gasteiger partial charge in [0.2, 0.25) is 0 Å². The van der Waals surface area contributed by atoms with Crippen molar-refractivity contribution in [2.24, 2.45) is 0 Å². The molecule has 3 heterocycles. The number of rotatable bonds is 6. The van der Waals surface area contributed by atoms with Crippen molar-refractivity contribution in [2.75, 3.05) is 19.7 Å². The first kappa shape index (κ1) is 21.4. The molecule has 0 spiro atoms. The first-order chi connectivity index (χ1) is 13.0. The maximum atomic E-state index is 14.2. The lowest BCUT2D eigenvalue weighted by Gasteiger charge is -2.13. The molecule has 9 heteroatoms. The number of H-pyrrole nitrogens is 1. The van der Waals surface area contributed by atoms with Gasteiger partial charge in [-0.2, -0.15) is 0 Å². The van der Waals surface area contributed by atoms with Crippen molar-refractivity contribution in [1.82, 2.24) is 14.9 Å². The number of ether oxygens (including phenoxy) is 1. The van der Waals surface area contributed by atoms with Gasteiger partial charge in [0.25, 0.3) is 0 Å². The van der Waals surface area contributed by atoms with Crippen LogP contribution in [0.25, 0.3) is 0 Å². The SMILES string of the molecule is Cl.Fc1ccc(F)c([C@H]2Cc3c(CCNC[C@@H]4CCCO4)[nH]c(=S)n3C2)c1F. The third-order valence-corrected chi connectivity index (χ3v) is 5.78. The van der Waals surface area contributed by atoms with Gasteiger partial charge in [-0.15, -0.1) is 12.4 Å². The number of benzene rings is 1. The van der Waals surface area contributed by atoms with Gasteiger partial charge in [-0.05, 0) is 43.6 Å². The Kier molecular flexibility index (Phi) is 6.85. The van der Waals surface area contributed by atoms with Crippen LogP contribution >= 0.6 is 24.6 Å². The van der Waals surface area contributed by atoms with E-state index in [-0.39, 0.29) is 24.1 Å². The second kappa shape index (κ2) is 8.98. The third-order valence-electron chi connectivity index (χ3n) is 5.46. The van der Waals surface area contributed by atoms with E-state index in [2.05, 4.69) is 10.3 Å². The number of aromatic amines is 1. The van der Waals surface area contributed by atoms with Crippen LogP contribution in [0, 0.1) is 22.2 Å². The minimum Gasteiger partial charge on any atom is -0.377 e. The number of halogens is 4. The highest BCUT2D eigenvalue weighted by molar-refractivity contribution is 7.71. The summed E-state index contributed by atoms with van der Waals surface area (Å²) in [6.45, 7) is 2.76. The Balaban J connectivity index is 0.00000225. The largest absolute Gasteiger partial charge is 0.377 e. The standard InChI is InChI=1S/C19H22F3N3OS.ClH/c20-13-3-4-14(21)18(22)17(13)11-8-16-15(24-19(27)25(16)10-11)5-6-23-9-12-2-1-7-26-12;/h3-4,11-12,23H,1-2,5-10H2,(H,24,27);1H/t11-,12-;/m0./s1. The Labute approximate surface area is 172 Å². The summed E-state index contributed by atoms with van der Waals surface area (Å²) in [7, 11) is 0. The molecule has 4 rings (SSSR count). The van der Waals surface area contributed by atoms with E-state index < -0.39 is 23.4 Å². The summed E-state index contributed by atoms with van der Waals surface area (Å²) in [4.78, 5) is 3.20. The molecule has 2 N–H and O–H groups in total. The van der Waals surface area contributed by atoms with Crippen LogP contribution in [0.2, 0.25) is 0 Å². The zero-order chi connectivity index (χ0) is 19.0. The van der Waals surface area contributed by atoms with Crippen molar-refractivity contribution in [3.63, 3.8) is 0 Å². The lowest BCUT2D eigenvalue weighted by Crippen LogP contribution is -2.28. The Morgan fingerprint density at radius 3 is 2.79 bits per heavy atom. The summed E-state index contributed by atoms with van der Waals surface area (Å²) in [5.74, 6) is -3.28. The number of nitrogens with zero attached hydrogens (tertiary/aromatic N) is 1. The second-order valence-electron chi connectivity index (χ2n) is 7.21. The van der Waals surface area contributed by atoms with Crippen LogP contribution in [-0.4, -0.2) is 35.4 Å². The Morgan fingerprint density at radius 1 is 1.25 bits per heavy atom. The number of aromatic nitrogens is 2. The predicted molar refractivity (Wildman–Crippen MR) is 105 cm³/mol. The van der Waals surface area contributed by atoms with Gasteiger partial charge < -0.3 is 19.6 Å². The van der Waals surface area contributed by atoms with E-state index in [1.54, 1.807) is 0 Å². The van der Waals surface area contributed by atoms with Crippen molar-refractivity contribution in [1.29, 1.82) is 0 Å². The predicted octanol–water partition coefficient (Wildman–Crippen LogP) is 4.04. The van der Waals surface area contributed by atoms with Gasteiger partial charge in [-0.1, -0.05) is 0 Å². The van der Waals surface area contributed by atoms with Gasteiger partial charge in [0.05, 0.1) is 6.10 Å². The molecule has 0 saturated carbocycles. The second-order valence-corrected chi connectivity index (χ2v) is 7.60. The van der Waals surface area contributed by atoms with E-state index in [1.165, 1.54) is 0 Å². The summed E-state index contributed by atoms with van der Waals surface area (Å²) >= 11 is 5.37. The molecular weight excluding hydrogens is 411 g/mol. The smallest absolute Gasteiger partial charge is 0.177 e. The van der Waals surface area contributed by atoms with Gasteiger partial charge in [0, 0.05) is 55.5 Å². The average Bonchev–Trinajstić information content (AvgIpc) is 3.35. The van der Waals surface area contributed by atoms with Crippen LogP contribution in [0.5, 0.6) is 0 Å². The van der Waals surface area contributed by atoms with Crippen molar-refractivity contribution < 1.29 is 17.9 Å². The summed E-state index contributed by atoms with van der Waals surface area (Å²) in [5, 5.41) is 3.39. The number of nitrogens with one attached hydrogen (secondary N) is 2. The van der Waals surface area contributed by atoms with Crippen LogP contribution in [0.15, 0.2) is 12.1 Å². The molecule has 28 heavy (non-hydrogen) atoms. The molecule has 1 fully saturated rings. The molecule has 0 radical (unpaired) electrons. The van der Waals surface area contributed by atoms with Crippen LogP contribution in [-0.2, 0) is 24.1 Å². The minimum atomic E-state index is -1.10. The van der Waals surface area contributed by atoms with Crippen molar-refractivity contribution in [2.45, 2.75) is 44.2 Å². The molecule has 154 valence electrons. The van der Waals surface area contributed by atoms with E-state index in [4.69, 9.17) is 17.0 Å². The summed E-state index contributed by atoms with van der Waals surface area (Å²) in [6, 6.07) is 1.80. The number of hydrogen-bond acceptors (Lipinski definition) is 3. The fourth-order valence-electron chi connectivity index (χ4n) is 4.10. The highest BCUT2D eigenvalue weighted by Crippen LogP contribution is 2.35. The Morgan fingerprint density at radius 2 is 2.04 bits per heavy atom. The molecule has 2 aliphatic rings. The molecule has 1 aromatic heterocycles. The van der Waals surface area contributed by atoms with Gasteiger partial charge in [0.15, 0.2) is 16.4 Å². The molecule has 2 aromatic rings. The fraction of sp³-hybridized carbons (Fsp3) is 0.526. The molecule has 1 saturated heterocycles. The van der Waals surface area contributed by atoms with Crippen LogP contribution in [0.3, 0.4) is 0 Å². The van der Waals surface area contributed by atoms with E-state index in [1.807, 2.05) is 4.57 Å². The zero-order valence-corrected chi connectivity index (χ0v) is 16.9. The number of fused-ring (bicyclic) bond motifs is 1. The van der Waals surface area contributed by atoms with Crippen molar-refractivity contribution in [3.05, 3.63) is 51.3 Å². The molecule has 0 aliphatic carbocycles. The van der Waals surface area contributed by atoms with Crippen molar-refractivity contribution >= 4 is 24.6 Å². The maximum absolute atomic E-state index is 14.2. The van der Waals surface area contributed by atoms with E-state index in [0.29, 0.717) is 17.7 Å².